The highest BCUT2D eigenvalue weighted by molar-refractivity contribution is 5.60. The van der Waals surface area contributed by atoms with Gasteiger partial charge in [0, 0.05) is 5.56 Å². The number of benzene rings is 1. The molecule has 0 saturated carbocycles. The topological polar surface area (TPSA) is 22.1 Å². The third kappa shape index (κ3) is 2.64. The number of ether oxygens (including phenoxy) is 1. The van der Waals surface area contributed by atoms with Gasteiger partial charge in [-0.3, -0.25) is 0 Å². The highest BCUT2D eigenvalue weighted by Gasteiger charge is 2.23. The van der Waals surface area contributed by atoms with Gasteiger partial charge >= 0.3 is 0 Å². The van der Waals surface area contributed by atoms with Gasteiger partial charge in [-0.2, -0.15) is 22.5 Å². The quantitative estimate of drug-likeness (QED) is 0.482. The van der Waals surface area contributed by atoms with Crippen LogP contribution in [0.4, 0.5) is 17.6 Å². The number of halogens is 4. The molecular formula is C14H9F4NO. The van der Waals surface area contributed by atoms with Gasteiger partial charge in [0.25, 0.3) is 11.9 Å². The van der Waals surface area contributed by atoms with Gasteiger partial charge in [0.2, 0.25) is 17.4 Å². The molecule has 1 aromatic heterocycles. The molecule has 0 aliphatic carbocycles. The number of pyridine rings is 1. The van der Waals surface area contributed by atoms with E-state index in [0.717, 1.165) is 5.56 Å². The van der Waals surface area contributed by atoms with E-state index in [1.54, 1.807) is 24.3 Å². The van der Waals surface area contributed by atoms with E-state index in [2.05, 4.69) is 11.6 Å². The highest BCUT2D eigenvalue weighted by Crippen LogP contribution is 2.28. The van der Waals surface area contributed by atoms with Crippen LogP contribution in [0, 0.1) is 30.5 Å². The van der Waals surface area contributed by atoms with Gasteiger partial charge in [0.05, 0.1) is 0 Å². The molecule has 0 bridgehead atoms. The molecule has 0 amide bonds. The normalized spacial score (nSPS) is 10.4. The maximum absolute atomic E-state index is 13.4. The fourth-order valence-electron chi connectivity index (χ4n) is 1.48. The zero-order valence-corrected chi connectivity index (χ0v) is 10.4. The first-order valence-corrected chi connectivity index (χ1v) is 5.54. The zero-order valence-electron chi connectivity index (χ0n) is 10.4. The lowest BCUT2D eigenvalue weighted by molar-refractivity contribution is 0.352. The van der Waals surface area contributed by atoms with E-state index in [-0.39, 0.29) is 5.76 Å². The van der Waals surface area contributed by atoms with Crippen molar-refractivity contribution in [1.82, 2.24) is 4.98 Å². The monoisotopic (exact) mass is 283 g/mol. The van der Waals surface area contributed by atoms with E-state index >= 15 is 0 Å². The maximum atomic E-state index is 13.4. The molecule has 0 radical (unpaired) electrons. The zero-order chi connectivity index (χ0) is 14.9. The number of nitrogens with zero attached hydrogens (tertiary/aromatic N) is 1. The summed E-state index contributed by atoms with van der Waals surface area (Å²) in [6.45, 7) is 5.32. The van der Waals surface area contributed by atoms with Crippen LogP contribution in [-0.4, -0.2) is 4.98 Å². The lowest BCUT2D eigenvalue weighted by Crippen LogP contribution is -2.05. The predicted octanol–water partition coefficient (Wildman–Crippen LogP) is 4.00. The van der Waals surface area contributed by atoms with Gasteiger partial charge in [-0.15, -0.1) is 0 Å². The average Bonchev–Trinajstić information content (AvgIpc) is 2.42. The molecule has 1 aromatic carbocycles. The van der Waals surface area contributed by atoms with Crippen molar-refractivity contribution in [1.29, 1.82) is 0 Å². The van der Waals surface area contributed by atoms with Crippen molar-refractivity contribution in [2.24, 2.45) is 0 Å². The summed E-state index contributed by atoms with van der Waals surface area (Å²) in [4.78, 5) is 2.43. The smallest absolute Gasteiger partial charge is 0.255 e. The molecule has 1 heterocycles. The van der Waals surface area contributed by atoms with E-state index in [4.69, 9.17) is 4.74 Å². The summed E-state index contributed by atoms with van der Waals surface area (Å²) in [6.07, 6.45) is 0. The van der Waals surface area contributed by atoms with Crippen LogP contribution in [-0.2, 0) is 0 Å². The van der Waals surface area contributed by atoms with E-state index in [9.17, 15) is 17.6 Å². The van der Waals surface area contributed by atoms with Crippen molar-refractivity contribution in [3.8, 4) is 5.75 Å². The summed E-state index contributed by atoms with van der Waals surface area (Å²) in [7, 11) is 0. The van der Waals surface area contributed by atoms with Crippen LogP contribution in [0.1, 0.15) is 11.1 Å². The van der Waals surface area contributed by atoms with Crippen molar-refractivity contribution < 1.29 is 22.3 Å². The number of rotatable bonds is 3. The average molecular weight is 283 g/mol. The fraction of sp³-hybridized carbons (Fsp3) is 0.0714. The van der Waals surface area contributed by atoms with Crippen molar-refractivity contribution in [3.63, 3.8) is 0 Å². The summed E-state index contributed by atoms with van der Waals surface area (Å²) in [5, 5.41) is 0. The Labute approximate surface area is 112 Å². The molecule has 0 aliphatic heterocycles. The van der Waals surface area contributed by atoms with Gasteiger partial charge in [-0.1, -0.05) is 36.4 Å². The molecule has 0 aliphatic rings. The molecule has 2 rings (SSSR count). The Balaban J connectivity index is 2.35. The maximum Gasteiger partial charge on any atom is 0.255 e. The molecule has 0 unspecified atom stereocenters. The van der Waals surface area contributed by atoms with Crippen molar-refractivity contribution in [2.75, 3.05) is 0 Å². The largest absolute Gasteiger partial charge is 0.451 e. The predicted molar refractivity (Wildman–Crippen MR) is 64.9 cm³/mol. The Morgan fingerprint density at radius 3 is 2.00 bits per heavy atom. The van der Waals surface area contributed by atoms with Crippen LogP contribution in [0.15, 0.2) is 30.8 Å². The van der Waals surface area contributed by atoms with Gasteiger partial charge in [-0.25, -0.2) is 0 Å². The summed E-state index contributed by atoms with van der Waals surface area (Å²) in [6, 6.07) is 6.65. The Kier molecular flexibility index (Phi) is 3.74. The Bertz CT molecular complexity index is 642. The summed E-state index contributed by atoms with van der Waals surface area (Å²) < 4.78 is 57.4. The van der Waals surface area contributed by atoms with E-state index in [1.807, 2.05) is 6.92 Å². The van der Waals surface area contributed by atoms with Crippen LogP contribution in [0.25, 0.3) is 5.76 Å². The molecule has 6 heteroatoms. The van der Waals surface area contributed by atoms with Crippen molar-refractivity contribution >= 4 is 5.76 Å². The van der Waals surface area contributed by atoms with Crippen molar-refractivity contribution in [3.05, 3.63) is 65.5 Å². The Morgan fingerprint density at radius 1 is 1.00 bits per heavy atom. The second kappa shape index (κ2) is 5.32. The summed E-state index contributed by atoms with van der Waals surface area (Å²) >= 11 is 0. The molecular weight excluding hydrogens is 274 g/mol. The summed E-state index contributed by atoms with van der Waals surface area (Å²) in [5.41, 5.74) is 1.38. The van der Waals surface area contributed by atoms with Gasteiger partial charge < -0.3 is 4.74 Å². The third-order valence-corrected chi connectivity index (χ3v) is 2.56. The SMILES string of the molecule is C=C(Oc1c(F)c(F)nc(F)c1F)c1ccc(C)cc1. The second-order valence-electron chi connectivity index (χ2n) is 4.04. The second-order valence-corrected chi connectivity index (χ2v) is 4.04. The molecule has 0 spiro atoms. The molecule has 0 N–H and O–H groups in total. The van der Waals surface area contributed by atoms with Crippen molar-refractivity contribution in [2.45, 2.75) is 6.92 Å². The van der Waals surface area contributed by atoms with Gasteiger partial charge in [0.1, 0.15) is 5.76 Å². The van der Waals surface area contributed by atoms with E-state index < -0.39 is 29.3 Å². The van der Waals surface area contributed by atoms with Crippen LogP contribution in [0.2, 0.25) is 0 Å². The Morgan fingerprint density at radius 2 is 1.50 bits per heavy atom. The summed E-state index contributed by atoms with van der Waals surface area (Å²) in [5.74, 6) is -8.34. The number of hydrogen-bond donors (Lipinski definition) is 0. The minimum Gasteiger partial charge on any atom is -0.451 e. The van der Waals surface area contributed by atoms with Crippen LogP contribution in [0.3, 0.4) is 0 Å². The molecule has 0 fully saturated rings. The lowest BCUT2D eigenvalue weighted by atomic mass is 10.1. The number of hydrogen-bond acceptors (Lipinski definition) is 2. The van der Waals surface area contributed by atoms with E-state index in [1.165, 1.54) is 0 Å². The highest BCUT2D eigenvalue weighted by atomic mass is 19.2. The first-order chi connectivity index (χ1) is 9.40. The first-order valence-electron chi connectivity index (χ1n) is 5.54. The van der Waals surface area contributed by atoms with Crippen LogP contribution < -0.4 is 4.74 Å². The Hall–Kier alpha value is -2.37. The lowest BCUT2D eigenvalue weighted by Gasteiger charge is -2.11. The molecule has 2 nitrogen and oxygen atoms in total. The molecule has 0 atom stereocenters. The van der Waals surface area contributed by atoms with Gasteiger partial charge in [-0.05, 0) is 6.92 Å². The first kappa shape index (κ1) is 14.0. The third-order valence-electron chi connectivity index (χ3n) is 2.56. The molecule has 104 valence electrons. The van der Waals surface area contributed by atoms with Crippen LogP contribution >= 0.6 is 0 Å². The van der Waals surface area contributed by atoms with Gasteiger partial charge in [0.15, 0.2) is 0 Å². The number of aromatic nitrogens is 1. The van der Waals surface area contributed by atoms with Crippen LogP contribution in [0.5, 0.6) is 5.75 Å². The standard InChI is InChI=1S/C14H9F4NO/c1-7-3-5-9(6-4-7)8(2)20-12-10(15)13(17)19-14(18)11(12)16/h3-6H,2H2,1H3. The molecule has 2 aromatic rings. The minimum atomic E-state index is -1.78. The molecule has 0 saturated heterocycles. The van der Waals surface area contributed by atoms with E-state index in [0.29, 0.717) is 5.56 Å². The molecule has 20 heavy (non-hydrogen) atoms. The minimum absolute atomic E-state index is 0.146. The number of aryl methyl sites for hydroxylation is 1. The fourth-order valence-corrected chi connectivity index (χ4v) is 1.48.